The molecular formula is C11H19N3O2. The van der Waals surface area contributed by atoms with Crippen molar-refractivity contribution in [2.45, 2.75) is 6.42 Å². The third-order valence-corrected chi connectivity index (χ3v) is 3.35. The molecule has 2 aliphatic heterocycles. The second-order valence-corrected chi connectivity index (χ2v) is 4.68. The Morgan fingerprint density at radius 2 is 1.75 bits per heavy atom. The van der Waals surface area contributed by atoms with E-state index in [1.165, 1.54) is 0 Å². The van der Waals surface area contributed by atoms with Crippen molar-refractivity contribution >= 4 is 11.7 Å². The Bertz CT molecular complexity index is 285. The minimum atomic E-state index is -0.000808. The average Bonchev–Trinajstić information content (AvgIpc) is 2.57. The molecule has 0 N–H and O–H groups in total. The first-order valence-electron chi connectivity index (χ1n) is 5.85. The maximum atomic E-state index is 11.4. The molecule has 16 heavy (non-hydrogen) atoms. The third-order valence-electron chi connectivity index (χ3n) is 3.35. The van der Waals surface area contributed by atoms with Crippen LogP contribution in [0.25, 0.3) is 0 Å². The van der Waals surface area contributed by atoms with E-state index in [4.69, 9.17) is 0 Å². The average molecular weight is 225 g/mol. The van der Waals surface area contributed by atoms with Crippen LogP contribution in [0.4, 0.5) is 0 Å². The van der Waals surface area contributed by atoms with E-state index < -0.39 is 0 Å². The molecule has 0 aromatic heterocycles. The van der Waals surface area contributed by atoms with Gasteiger partial charge in [0, 0.05) is 39.3 Å². The maximum Gasteiger partial charge on any atom is 0.230 e. The molecule has 0 atom stereocenters. The van der Waals surface area contributed by atoms with E-state index in [2.05, 4.69) is 16.8 Å². The van der Waals surface area contributed by atoms with Crippen molar-refractivity contribution in [3.63, 3.8) is 0 Å². The highest BCUT2D eigenvalue weighted by atomic mass is 16.2. The zero-order chi connectivity index (χ0) is 11.5. The molecule has 2 aliphatic rings. The van der Waals surface area contributed by atoms with E-state index in [1.54, 1.807) is 4.90 Å². The minimum Gasteiger partial charge on any atom is -0.334 e. The Kier molecular flexibility index (Phi) is 3.56. The fourth-order valence-corrected chi connectivity index (χ4v) is 2.17. The van der Waals surface area contributed by atoms with Crippen LogP contribution in [0.5, 0.6) is 0 Å². The molecule has 0 aliphatic carbocycles. The summed E-state index contributed by atoms with van der Waals surface area (Å²) in [6.45, 7) is 6.23. The molecule has 0 radical (unpaired) electrons. The van der Waals surface area contributed by atoms with Gasteiger partial charge in [0.05, 0.1) is 13.0 Å². The number of ketones is 1. The number of Topliss-reactive ketones (excluding diaryl/α,β-unsaturated/α-hetero) is 1. The monoisotopic (exact) mass is 225 g/mol. The van der Waals surface area contributed by atoms with Gasteiger partial charge in [0.25, 0.3) is 0 Å². The van der Waals surface area contributed by atoms with Crippen LogP contribution < -0.4 is 0 Å². The molecule has 2 heterocycles. The minimum absolute atomic E-state index is 0.000808. The number of carbonyl (C=O) groups is 2. The summed E-state index contributed by atoms with van der Waals surface area (Å²) in [6.07, 6.45) is 0.114. The van der Waals surface area contributed by atoms with Crippen molar-refractivity contribution in [2.75, 3.05) is 52.9 Å². The van der Waals surface area contributed by atoms with Gasteiger partial charge in [-0.1, -0.05) is 0 Å². The smallest absolute Gasteiger partial charge is 0.230 e. The maximum absolute atomic E-state index is 11.4. The molecule has 2 rings (SSSR count). The van der Waals surface area contributed by atoms with E-state index in [-0.39, 0.29) is 18.1 Å². The van der Waals surface area contributed by atoms with Gasteiger partial charge in [-0.05, 0) is 7.05 Å². The van der Waals surface area contributed by atoms with Crippen molar-refractivity contribution in [3.05, 3.63) is 0 Å². The highest BCUT2D eigenvalue weighted by molar-refractivity contribution is 6.05. The molecule has 5 nitrogen and oxygen atoms in total. The van der Waals surface area contributed by atoms with Gasteiger partial charge in [0.15, 0.2) is 5.78 Å². The number of hydrogen-bond donors (Lipinski definition) is 0. The van der Waals surface area contributed by atoms with Crippen LogP contribution in [0.1, 0.15) is 6.42 Å². The second kappa shape index (κ2) is 4.93. The van der Waals surface area contributed by atoms with Crippen molar-refractivity contribution < 1.29 is 9.59 Å². The number of piperazine rings is 1. The lowest BCUT2D eigenvalue weighted by molar-refractivity contribution is -0.128. The van der Waals surface area contributed by atoms with Gasteiger partial charge >= 0.3 is 0 Å². The van der Waals surface area contributed by atoms with Gasteiger partial charge in [-0.3, -0.25) is 14.5 Å². The predicted molar refractivity (Wildman–Crippen MR) is 60.1 cm³/mol. The molecule has 0 saturated carbocycles. The molecule has 0 spiro atoms. The highest BCUT2D eigenvalue weighted by Gasteiger charge is 2.27. The van der Waals surface area contributed by atoms with Crippen LogP contribution in [0.2, 0.25) is 0 Å². The lowest BCUT2D eigenvalue weighted by Gasteiger charge is -2.33. The zero-order valence-electron chi connectivity index (χ0n) is 9.81. The van der Waals surface area contributed by atoms with Crippen LogP contribution in [0, 0.1) is 0 Å². The van der Waals surface area contributed by atoms with Crippen molar-refractivity contribution in [3.8, 4) is 0 Å². The van der Waals surface area contributed by atoms with E-state index in [1.807, 2.05) is 0 Å². The fraction of sp³-hybridized carbons (Fsp3) is 0.818. The Morgan fingerprint density at radius 1 is 1.06 bits per heavy atom. The lowest BCUT2D eigenvalue weighted by Crippen LogP contribution is -2.47. The lowest BCUT2D eigenvalue weighted by atomic mass is 10.3. The number of nitrogens with zero attached hydrogens (tertiary/aromatic N) is 3. The molecule has 5 heteroatoms. The van der Waals surface area contributed by atoms with Gasteiger partial charge < -0.3 is 9.80 Å². The molecular weight excluding hydrogens is 206 g/mol. The van der Waals surface area contributed by atoms with E-state index >= 15 is 0 Å². The Labute approximate surface area is 96.0 Å². The van der Waals surface area contributed by atoms with Crippen molar-refractivity contribution in [1.29, 1.82) is 0 Å². The second-order valence-electron chi connectivity index (χ2n) is 4.68. The largest absolute Gasteiger partial charge is 0.334 e. The molecule has 0 aromatic carbocycles. The first-order valence-corrected chi connectivity index (χ1v) is 5.85. The molecule has 0 aromatic rings. The number of amides is 1. The number of carbonyl (C=O) groups excluding carboxylic acids is 2. The SMILES string of the molecule is CN1CCN(CCN2CC(=O)CC2=O)CC1. The van der Waals surface area contributed by atoms with E-state index in [9.17, 15) is 9.59 Å². The molecule has 90 valence electrons. The summed E-state index contributed by atoms with van der Waals surface area (Å²) in [7, 11) is 2.13. The highest BCUT2D eigenvalue weighted by Crippen LogP contribution is 2.07. The predicted octanol–water partition coefficient (Wildman–Crippen LogP) is -0.965. The van der Waals surface area contributed by atoms with Crippen molar-refractivity contribution in [1.82, 2.24) is 14.7 Å². The van der Waals surface area contributed by atoms with Gasteiger partial charge in [0.2, 0.25) is 5.91 Å². The topological polar surface area (TPSA) is 43.9 Å². The van der Waals surface area contributed by atoms with Crippen LogP contribution in [-0.2, 0) is 9.59 Å². The normalized spacial score (nSPS) is 24.4. The number of hydrogen-bond acceptors (Lipinski definition) is 4. The van der Waals surface area contributed by atoms with Crippen molar-refractivity contribution in [2.24, 2.45) is 0 Å². The number of likely N-dealkylation sites (N-methyl/N-ethyl adjacent to an activating group) is 1. The molecule has 0 bridgehead atoms. The van der Waals surface area contributed by atoms with Crippen LogP contribution in [0.15, 0.2) is 0 Å². The van der Waals surface area contributed by atoms with Gasteiger partial charge in [0.1, 0.15) is 0 Å². The summed E-state index contributed by atoms with van der Waals surface area (Å²) < 4.78 is 0. The molecule has 1 amide bonds. The Hall–Kier alpha value is -0.940. The molecule has 2 saturated heterocycles. The molecule has 0 unspecified atom stereocenters. The number of rotatable bonds is 3. The quantitative estimate of drug-likeness (QED) is 0.580. The summed E-state index contributed by atoms with van der Waals surface area (Å²) in [5.41, 5.74) is 0. The van der Waals surface area contributed by atoms with Crippen LogP contribution >= 0.6 is 0 Å². The zero-order valence-corrected chi connectivity index (χ0v) is 9.81. The van der Waals surface area contributed by atoms with Gasteiger partial charge in [-0.15, -0.1) is 0 Å². The Balaban J connectivity index is 1.71. The summed E-state index contributed by atoms with van der Waals surface area (Å²) >= 11 is 0. The van der Waals surface area contributed by atoms with Gasteiger partial charge in [-0.2, -0.15) is 0 Å². The standard InChI is InChI=1S/C11H19N3O2/c1-12-2-4-13(5-3-12)6-7-14-9-10(15)8-11(14)16/h2-9H2,1H3. The van der Waals surface area contributed by atoms with Crippen LogP contribution in [0.3, 0.4) is 0 Å². The summed E-state index contributed by atoms with van der Waals surface area (Å²) in [5.74, 6) is 0.0579. The fourth-order valence-electron chi connectivity index (χ4n) is 2.17. The summed E-state index contributed by atoms with van der Waals surface area (Å²) in [6, 6.07) is 0. The molecule has 2 fully saturated rings. The Morgan fingerprint density at radius 3 is 2.31 bits per heavy atom. The van der Waals surface area contributed by atoms with Gasteiger partial charge in [-0.25, -0.2) is 0 Å². The summed E-state index contributed by atoms with van der Waals surface area (Å²) in [5, 5.41) is 0. The summed E-state index contributed by atoms with van der Waals surface area (Å²) in [4.78, 5) is 28.8. The first-order chi connectivity index (χ1) is 7.65. The number of likely N-dealkylation sites (tertiary alicyclic amines) is 1. The third kappa shape index (κ3) is 2.80. The van der Waals surface area contributed by atoms with Crippen LogP contribution in [-0.4, -0.2) is 79.3 Å². The first kappa shape index (κ1) is 11.5. The van der Waals surface area contributed by atoms with E-state index in [0.717, 1.165) is 32.7 Å². The van der Waals surface area contributed by atoms with E-state index in [0.29, 0.717) is 13.1 Å².